The second-order valence-electron chi connectivity index (χ2n) is 5.00. The largest absolute Gasteiger partial charge is 0.378 e. The third kappa shape index (κ3) is 1.97. The Morgan fingerprint density at radius 2 is 2.10 bits per heavy atom. The van der Waals surface area contributed by atoms with Gasteiger partial charge in [-0.25, -0.2) is 4.98 Å². The molecule has 2 aromatic rings. The first kappa shape index (κ1) is 13.1. The predicted octanol–water partition coefficient (Wildman–Crippen LogP) is -0.500. The molecule has 0 amide bonds. The molecule has 20 heavy (non-hydrogen) atoms. The lowest BCUT2D eigenvalue weighted by molar-refractivity contribution is 0.179. The number of rotatable bonds is 4. The summed E-state index contributed by atoms with van der Waals surface area (Å²) >= 11 is 0. The molecule has 3 N–H and O–H groups in total. The first-order chi connectivity index (χ1) is 9.63. The molecule has 1 saturated heterocycles. The highest BCUT2D eigenvalue weighted by Crippen LogP contribution is 2.29. The van der Waals surface area contributed by atoms with E-state index in [1.807, 2.05) is 14.1 Å². The molecule has 0 saturated carbocycles. The maximum absolute atomic E-state index is 5.84. The summed E-state index contributed by atoms with van der Waals surface area (Å²) in [7, 11) is 5.49. The van der Waals surface area contributed by atoms with E-state index in [9.17, 15) is 0 Å². The fraction of sp³-hybridized carbons (Fsp3) is 0.583. The Morgan fingerprint density at radius 1 is 1.35 bits per heavy atom. The zero-order valence-corrected chi connectivity index (χ0v) is 11.9. The zero-order chi connectivity index (χ0) is 14.3. The van der Waals surface area contributed by atoms with E-state index < -0.39 is 0 Å². The van der Waals surface area contributed by atoms with E-state index in [-0.39, 0.29) is 5.95 Å². The van der Waals surface area contributed by atoms with E-state index in [4.69, 9.17) is 10.5 Å². The summed E-state index contributed by atoms with van der Waals surface area (Å²) in [6.07, 6.45) is 0. The molecule has 1 fully saturated rings. The minimum Gasteiger partial charge on any atom is -0.378 e. The molecule has 2 aromatic heterocycles. The highest BCUT2D eigenvalue weighted by atomic mass is 16.5. The lowest BCUT2D eigenvalue weighted by atomic mass is 10.1. The summed E-state index contributed by atoms with van der Waals surface area (Å²) in [6.45, 7) is 2.25. The van der Waals surface area contributed by atoms with E-state index in [0.717, 1.165) is 35.6 Å². The van der Waals surface area contributed by atoms with Crippen molar-refractivity contribution in [1.82, 2.24) is 25.1 Å². The van der Waals surface area contributed by atoms with Gasteiger partial charge >= 0.3 is 0 Å². The Morgan fingerprint density at radius 3 is 2.75 bits per heavy atom. The Balaban J connectivity index is 2.06. The van der Waals surface area contributed by atoms with Crippen LogP contribution in [0.3, 0.4) is 0 Å². The van der Waals surface area contributed by atoms with Crippen LogP contribution in [0.25, 0.3) is 11.0 Å². The van der Waals surface area contributed by atoms with Gasteiger partial charge in [0, 0.05) is 33.3 Å². The Bertz CT molecular complexity index is 632. The number of nitrogens with one attached hydrogen (secondary N) is 1. The molecule has 0 aliphatic carbocycles. The molecule has 3 rings (SSSR count). The Kier molecular flexibility index (Phi) is 3.19. The molecule has 0 atom stereocenters. The third-order valence-electron chi connectivity index (χ3n) is 3.67. The number of hydrogen-bond acceptors (Lipinski definition) is 7. The number of nitrogens with zero attached hydrogens (tertiary/aromatic N) is 5. The van der Waals surface area contributed by atoms with Crippen LogP contribution >= 0.6 is 0 Å². The van der Waals surface area contributed by atoms with Crippen molar-refractivity contribution in [3.8, 4) is 0 Å². The van der Waals surface area contributed by atoms with Gasteiger partial charge in [0.15, 0.2) is 11.3 Å². The lowest BCUT2D eigenvalue weighted by Gasteiger charge is -2.39. The van der Waals surface area contributed by atoms with E-state index in [1.165, 1.54) is 0 Å². The van der Waals surface area contributed by atoms with Gasteiger partial charge in [0.2, 0.25) is 5.95 Å². The summed E-state index contributed by atoms with van der Waals surface area (Å²) in [5.41, 5.74) is 8.30. The minimum absolute atomic E-state index is 0.269. The molecule has 3 heterocycles. The summed E-state index contributed by atoms with van der Waals surface area (Å²) in [6, 6.07) is 0.489. The van der Waals surface area contributed by atoms with Crippen molar-refractivity contribution >= 4 is 22.8 Å². The van der Waals surface area contributed by atoms with E-state index in [0.29, 0.717) is 12.6 Å². The summed E-state index contributed by atoms with van der Waals surface area (Å²) in [5, 5.41) is 7.76. The average molecular weight is 277 g/mol. The topological polar surface area (TPSA) is 94.1 Å². The summed E-state index contributed by atoms with van der Waals surface area (Å²) < 4.78 is 6.98. The molecule has 0 radical (unpaired) electrons. The molecule has 0 unspecified atom stereocenters. The summed E-state index contributed by atoms with van der Waals surface area (Å²) in [4.78, 5) is 10.8. The molecule has 0 spiro atoms. The molecule has 8 heteroatoms. The van der Waals surface area contributed by atoms with Gasteiger partial charge in [-0.15, -0.1) is 0 Å². The number of aromatic nitrogens is 4. The first-order valence-electron chi connectivity index (χ1n) is 6.54. The average Bonchev–Trinajstić information content (AvgIpc) is 2.66. The minimum atomic E-state index is 0.269. The SMILES string of the molecule is CNC1CN(c2nc(N)nc3c(COC)n(C)nc23)C1. The van der Waals surface area contributed by atoms with Crippen LogP contribution in [0.5, 0.6) is 0 Å². The fourth-order valence-electron chi connectivity index (χ4n) is 2.47. The molecule has 0 bridgehead atoms. The third-order valence-corrected chi connectivity index (χ3v) is 3.67. The van der Waals surface area contributed by atoms with Crippen LogP contribution in [0, 0.1) is 0 Å². The highest BCUT2D eigenvalue weighted by Gasteiger charge is 2.29. The second kappa shape index (κ2) is 4.88. The van der Waals surface area contributed by atoms with Gasteiger partial charge in [0.1, 0.15) is 5.52 Å². The summed E-state index contributed by atoms with van der Waals surface area (Å²) in [5.74, 6) is 1.07. The van der Waals surface area contributed by atoms with Crippen LogP contribution in [0.15, 0.2) is 0 Å². The standard InChI is InChI=1S/C12H19N7O/c1-14-7-4-19(5-7)11-10-9(15-12(13)16-11)8(6-20-3)18(2)17-10/h7,14H,4-6H2,1-3H3,(H2,13,15). The number of nitrogen functional groups attached to an aromatic ring is 1. The van der Waals surface area contributed by atoms with E-state index >= 15 is 0 Å². The van der Waals surface area contributed by atoms with Gasteiger partial charge < -0.3 is 20.7 Å². The maximum Gasteiger partial charge on any atom is 0.222 e. The number of ether oxygens (including phenoxy) is 1. The predicted molar refractivity (Wildman–Crippen MR) is 76.5 cm³/mol. The highest BCUT2D eigenvalue weighted by molar-refractivity contribution is 5.89. The molecule has 108 valence electrons. The maximum atomic E-state index is 5.84. The van der Waals surface area contributed by atoms with Crippen molar-refractivity contribution in [3.63, 3.8) is 0 Å². The van der Waals surface area contributed by atoms with Gasteiger partial charge in [-0.2, -0.15) is 10.1 Å². The second-order valence-corrected chi connectivity index (χ2v) is 5.00. The number of fused-ring (bicyclic) bond motifs is 1. The quantitative estimate of drug-likeness (QED) is 0.778. The van der Waals surface area contributed by atoms with Gasteiger partial charge in [-0.05, 0) is 7.05 Å². The van der Waals surface area contributed by atoms with Crippen molar-refractivity contribution in [2.24, 2.45) is 7.05 Å². The normalized spacial score (nSPS) is 15.8. The Labute approximate surface area is 116 Å². The van der Waals surface area contributed by atoms with E-state index in [1.54, 1.807) is 11.8 Å². The Hall–Kier alpha value is -1.93. The van der Waals surface area contributed by atoms with Gasteiger partial charge in [0.25, 0.3) is 0 Å². The van der Waals surface area contributed by atoms with Crippen LogP contribution in [0.1, 0.15) is 5.69 Å². The first-order valence-corrected chi connectivity index (χ1v) is 6.54. The number of aryl methyl sites for hydroxylation is 1. The van der Waals surface area contributed by atoms with Crippen LogP contribution in [0.4, 0.5) is 11.8 Å². The lowest BCUT2D eigenvalue weighted by Crippen LogP contribution is -2.57. The number of hydrogen-bond donors (Lipinski definition) is 2. The van der Waals surface area contributed by atoms with Crippen LogP contribution in [-0.2, 0) is 18.4 Å². The zero-order valence-electron chi connectivity index (χ0n) is 11.9. The number of anilines is 2. The smallest absolute Gasteiger partial charge is 0.222 e. The van der Waals surface area contributed by atoms with Crippen molar-refractivity contribution in [2.45, 2.75) is 12.6 Å². The van der Waals surface area contributed by atoms with Crippen LogP contribution in [0.2, 0.25) is 0 Å². The van der Waals surface area contributed by atoms with Crippen molar-refractivity contribution in [3.05, 3.63) is 5.69 Å². The van der Waals surface area contributed by atoms with Crippen molar-refractivity contribution in [2.75, 3.05) is 37.9 Å². The number of likely N-dealkylation sites (N-methyl/N-ethyl adjacent to an activating group) is 1. The number of methoxy groups -OCH3 is 1. The van der Waals surface area contributed by atoms with Crippen LogP contribution in [-0.4, -0.2) is 53.0 Å². The van der Waals surface area contributed by atoms with Gasteiger partial charge in [-0.3, -0.25) is 4.68 Å². The number of nitrogens with two attached hydrogens (primary N) is 1. The molecule has 0 aromatic carbocycles. The van der Waals surface area contributed by atoms with Crippen molar-refractivity contribution < 1.29 is 4.74 Å². The van der Waals surface area contributed by atoms with Crippen molar-refractivity contribution in [1.29, 1.82) is 0 Å². The molecular formula is C12H19N7O. The molecule has 8 nitrogen and oxygen atoms in total. The van der Waals surface area contributed by atoms with Gasteiger partial charge in [0.05, 0.1) is 12.3 Å². The van der Waals surface area contributed by atoms with Crippen LogP contribution < -0.4 is 16.0 Å². The molecule has 1 aliphatic heterocycles. The van der Waals surface area contributed by atoms with Gasteiger partial charge in [-0.1, -0.05) is 0 Å². The molecular weight excluding hydrogens is 258 g/mol. The molecule has 1 aliphatic rings. The van der Waals surface area contributed by atoms with E-state index in [2.05, 4.69) is 25.3 Å². The fourth-order valence-corrected chi connectivity index (χ4v) is 2.47. The monoisotopic (exact) mass is 277 g/mol.